The molecule has 6 aliphatic rings. The van der Waals surface area contributed by atoms with Crippen molar-refractivity contribution in [1.82, 2.24) is 10.6 Å². The fraction of sp³-hybridized carbons (Fsp3) is 0.633. The van der Waals surface area contributed by atoms with Gasteiger partial charge in [-0.1, -0.05) is 29.6 Å². The van der Waals surface area contributed by atoms with Gasteiger partial charge in [0.25, 0.3) is 5.91 Å². The second-order valence-electron chi connectivity index (χ2n) is 12.0. The lowest BCUT2D eigenvalue weighted by Crippen LogP contribution is -2.51. The summed E-state index contributed by atoms with van der Waals surface area (Å²) in [7, 11) is 1.58. The zero-order chi connectivity index (χ0) is 25.8. The second kappa shape index (κ2) is 9.70. The van der Waals surface area contributed by atoms with Gasteiger partial charge in [-0.3, -0.25) is 9.59 Å². The van der Waals surface area contributed by atoms with E-state index >= 15 is 0 Å². The molecular weight excluding hydrogens is 482 g/mol. The summed E-state index contributed by atoms with van der Waals surface area (Å²) < 4.78 is 11.2. The Morgan fingerprint density at radius 3 is 2.61 bits per heavy atom. The van der Waals surface area contributed by atoms with Crippen LogP contribution >= 0.6 is 0 Å². The average Bonchev–Trinajstić information content (AvgIpc) is 3.39. The minimum absolute atomic E-state index is 0.0609. The number of rotatable bonds is 7. The monoisotopic (exact) mass is 519 g/mol. The third-order valence-corrected chi connectivity index (χ3v) is 9.66. The van der Waals surface area contributed by atoms with Crippen molar-refractivity contribution in [3.63, 3.8) is 0 Å². The molecule has 6 atom stereocenters. The van der Waals surface area contributed by atoms with Crippen LogP contribution in [0.5, 0.6) is 5.75 Å². The Bertz CT molecular complexity index is 1180. The molecule has 0 spiro atoms. The van der Waals surface area contributed by atoms with Crippen LogP contribution in [0.2, 0.25) is 0 Å². The number of oxime groups is 1. The quantitative estimate of drug-likeness (QED) is 0.537. The first-order chi connectivity index (χ1) is 18.6. The molecule has 4 saturated carbocycles. The summed E-state index contributed by atoms with van der Waals surface area (Å²) in [6, 6.07) is 5.65. The van der Waals surface area contributed by atoms with Crippen LogP contribution in [0.1, 0.15) is 67.3 Å². The number of fused-ring (bicyclic) bond motifs is 3. The molecule has 1 saturated heterocycles. The first-order valence-electron chi connectivity index (χ1n) is 14.4. The van der Waals surface area contributed by atoms with Crippen molar-refractivity contribution in [1.29, 1.82) is 0 Å². The normalized spacial score (nSPS) is 34.8. The maximum absolute atomic E-state index is 13.9. The third kappa shape index (κ3) is 4.21. The number of hydrogen-bond donors (Lipinski definition) is 2. The first kappa shape index (κ1) is 24.2. The maximum Gasteiger partial charge on any atom is 0.255 e. The summed E-state index contributed by atoms with van der Waals surface area (Å²) in [6.45, 7) is 1.10. The molecule has 1 aromatic carbocycles. The summed E-state index contributed by atoms with van der Waals surface area (Å²) in [6.07, 6.45) is 11.4. The minimum Gasteiger partial charge on any atom is -0.496 e. The van der Waals surface area contributed by atoms with Crippen LogP contribution in [0.3, 0.4) is 0 Å². The van der Waals surface area contributed by atoms with E-state index in [1.807, 2.05) is 18.2 Å². The molecule has 0 radical (unpaired) electrons. The van der Waals surface area contributed by atoms with Gasteiger partial charge in [-0.05, 0) is 68.6 Å². The smallest absolute Gasteiger partial charge is 0.255 e. The molecule has 7 rings (SSSR count). The minimum atomic E-state index is -0.221. The number of carbonyl (C=O) groups is 2. The van der Waals surface area contributed by atoms with E-state index in [9.17, 15) is 9.59 Å². The molecule has 0 aromatic heterocycles. The molecule has 2 N–H and O–H groups in total. The largest absolute Gasteiger partial charge is 0.496 e. The van der Waals surface area contributed by atoms with Gasteiger partial charge in [0.2, 0.25) is 5.91 Å². The van der Waals surface area contributed by atoms with E-state index in [0.717, 1.165) is 37.0 Å². The van der Waals surface area contributed by atoms with Gasteiger partial charge in [0, 0.05) is 23.6 Å². The Morgan fingerprint density at radius 1 is 1.00 bits per heavy atom. The number of nitrogens with one attached hydrogen (secondary N) is 2. The van der Waals surface area contributed by atoms with E-state index < -0.39 is 0 Å². The van der Waals surface area contributed by atoms with E-state index in [0.29, 0.717) is 30.4 Å². The third-order valence-electron chi connectivity index (χ3n) is 9.66. The zero-order valence-corrected chi connectivity index (χ0v) is 22.0. The summed E-state index contributed by atoms with van der Waals surface area (Å²) >= 11 is 0. The van der Waals surface area contributed by atoms with Crippen LogP contribution in [-0.2, 0) is 14.4 Å². The Labute approximate surface area is 223 Å². The molecule has 2 bridgehead atoms. The molecule has 3 unspecified atom stereocenters. The molecule has 5 fully saturated rings. The summed E-state index contributed by atoms with van der Waals surface area (Å²) in [4.78, 5) is 33.1. The number of ether oxygens (including phenoxy) is 2. The second-order valence-corrected chi connectivity index (χ2v) is 12.0. The van der Waals surface area contributed by atoms with Crippen molar-refractivity contribution in [2.75, 3.05) is 20.3 Å². The Balaban J connectivity index is 1.16. The van der Waals surface area contributed by atoms with Crippen LogP contribution in [0.15, 0.2) is 35.0 Å². The van der Waals surface area contributed by atoms with E-state index in [-0.39, 0.29) is 53.7 Å². The zero-order valence-electron chi connectivity index (χ0n) is 22.0. The van der Waals surface area contributed by atoms with E-state index in [1.54, 1.807) is 7.11 Å². The lowest BCUT2D eigenvalue weighted by atomic mass is 9.83. The van der Waals surface area contributed by atoms with Gasteiger partial charge in [-0.15, -0.1) is 0 Å². The van der Waals surface area contributed by atoms with E-state index in [1.165, 1.54) is 31.3 Å². The molecule has 2 aliphatic heterocycles. The number of methoxy groups -OCH3 is 1. The van der Waals surface area contributed by atoms with Crippen LogP contribution in [-0.4, -0.2) is 56.0 Å². The number of benzene rings is 1. The molecule has 2 amide bonds. The van der Waals surface area contributed by atoms with Crippen LogP contribution in [0, 0.1) is 29.6 Å². The number of allylic oxidation sites excluding steroid dienone is 1. The van der Waals surface area contributed by atoms with E-state index in [2.05, 4.69) is 21.9 Å². The molecule has 38 heavy (non-hydrogen) atoms. The van der Waals surface area contributed by atoms with Crippen LogP contribution < -0.4 is 15.4 Å². The van der Waals surface area contributed by atoms with Crippen molar-refractivity contribution in [2.24, 2.45) is 34.7 Å². The maximum atomic E-state index is 13.9. The highest BCUT2D eigenvalue weighted by Gasteiger charge is 2.55. The van der Waals surface area contributed by atoms with E-state index in [4.69, 9.17) is 14.3 Å². The summed E-state index contributed by atoms with van der Waals surface area (Å²) in [5.41, 5.74) is 3.52. The van der Waals surface area contributed by atoms with Crippen molar-refractivity contribution in [3.05, 3.63) is 41.0 Å². The molecule has 8 nitrogen and oxygen atoms in total. The Morgan fingerprint density at radius 2 is 1.82 bits per heavy atom. The molecule has 8 heteroatoms. The molecule has 1 aromatic rings. The fourth-order valence-corrected chi connectivity index (χ4v) is 7.55. The van der Waals surface area contributed by atoms with Gasteiger partial charge in [0.1, 0.15) is 5.75 Å². The van der Waals surface area contributed by atoms with Gasteiger partial charge >= 0.3 is 0 Å². The van der Waals surface area contributed by atoms with Crippen molar-refractivity contribution < 1.29 is 23.9 Å². The molecule has 202 valence electrons. The lowest BCUT2D eigenvalue weighted by Gasteiger charge is -2.31. The van der Waals surface area contributed by atoms with Crippen LogP contribution in [0.25, 0.3) is 0 Å². The topological polar surface area (TPSA) is 98.2 Å². The van der Waals surface area contributed by atoms with Crippen molar-refractivity contribution >= 4 is 17.5 Å². The average molecular weight is 520 g/mol. The van der Waals surface area contributed by atoms with Gasteiger partial charge in [-0.25, -0.2) is 0 Å². The van der Waals surface area contributed by atoms with Gasteiger partial charge in [-0.2, -0.15) is 0 Å². The Hall–Kier alpha value is -2.87. The highest BCUT2D eigenvalue weighted by molar-refractivity contribution is 6.06. The summed E-state index contributed by atoms with van der Waals surface area (Å²) in [5.74, 6) is 1.37. The predicted molar refractivity (Wildman–Crippen MR) is 141 cm³/mol. The number of amides is 2. The highest BCUT2D eigenvalue weighted by atomic mass is 16.7. The van der Waals surface area contributed by atoms with Crippen LogP contribution in [0.4, 0.5) is 0 Å². The SMILES string of the molecule is COc1ccc(C2=NOC3COCC23)cc1C(=O)N[C@@H]1[C@@H]2CCC(/C2=C/C2CC2)[C@@H]1C(=O)NC1CCCC1. The molecular formula is C30H37N3O5. The highest BCUT2D eigenvalue weighted by Crippen LogP contribution is 2.54. The summed E-state index contributed by atoms with van der Waals surface area (Å²) in [5, 5.41) is 11.0. The number of carbonyl (C=O) groups excluding carboxylic acids is 2. The fourth-order valence-electron chi connectivity index (χ4n) is 7.55. The number of hydrogen-bond acceptors (Lipinski definition) is 6. The van der Waals surface area contributed by atoms with Crippen molar-refractivity contribution in [2.45, 2.75) is 69.6 Å². The van der Waals surface area contributed by atoms with Gasteiger partial charge < -0.3 is 24.9 Å². The standard InChI is InChI=1S/C30H37N3O5/c1-36-24-11-8-17(27-23-14-37-15-25(23)38-33-27)13-22(24)29(34)32-28-20-10-9-19(21(20)12-16-6-7-16)26(28)30(35)31-18-4-2-3-5-18/h8,11-13,16,18-20,23,25-26,28H,2-7,9-10,14-15H2,1H3,(H,31,35)(H,32,34)/b21-12-/t19?,20-,23?,25?,26+,28-/m1/s1. The first-order valence-corrected chi connectivity index (χ1v) is 14.4. The predicted octanol–water partition coefficient (Wildman–Crippen LogP) is 3.59. The van der Waals surface area contributed by atoms with Gasteiger partial charge in [0.15, 0.2) is 6.10 Å². The molecule has 2 heterocycles. The Kier molecular flexibility index (Phi) is 6.18. The number of nitrogens with zero attached hydrogens (tertiary/aromatic N) is 1. The molecule has 4 aliphatic carbocycles. The van der Waals surface area contributed by atoms with Crippen molar-refractivity contribution in [3.8, 4) is 5.75 Å². The lowest BCUT2D eigenvalue weighted by molar-refractivity contribution is -0.127. The van der Waals surface area contributed by atoms with Gasteiger partial charge in [0.05, 0.1) is 43.4 Å².